The van der Waals surface area contributed by atoms with Crippen LogP contribution in [0, 0.1) is 0 Å². The Morgan fingerprint density at radius 1 is 0.909 bits per heavy atom. The van der Waals surface area contributed by atoms with Crippen LogP contribution in [0.25, 0.3) is 0 Å². The van der Waals surface area contributed by atoms with Gasteiger partial charge >= 0.3 is 0 Å². The monoisotopic (exact) mass is 483 g/mol. The lowest BCUT2D eigenvalue weighted by molar-refractivity contribution is 0.0664. The fourth-order valence-electron chi connectivity index (χ4n) is 3.52. The Balaban J connectivity index is 1.41. The van der Waals surface area contributed by atoms with Gasteiger partial charge in [0.2, 0.25) is 0 Å². The third-order valence-corrected chi connectivity index (χ3v) is 6.03. The second-order valence-electron chi connectivity index (χ2n) is 7.78. The van der Waals surface area contributed by atoms with Crippen molar-refractivity contribution in [2.45, 2.75) is 0 Å². The zero-order valence-corrected chi connectivity index (χ0v) is 19.5. The highest BCUT2D eigenvalue weighted by Gasteiger charge is 2.20. The molecule has 1 aromatic heterocycles. The summed E-state index contributed by atoms with van der Waals surface area (Å²) in [6.07, 6.45) is 1.58. The maximum absolute atomic E-state index is 12.7. The van der Waals surface area contributed by atoms with Gasteiger partial charge in [-0.05, 0) is 49.5 Å². The van der Waals surface area contributed by atoms with Crippen molar-refractivity contribution >= 4 is 52.2 Å². The molecule has 1 saturated heterocycles. The number of nitrogens with one attached hydrogen (secondary N) is 2. The highest BCUT2D eigenvalue weighted by Crippen LogP contribution is 2.26. The molecule has 0 radical (unpaired) electrons. The molecule has 0 atom stereocenters. The zero-order valence-electron chi connectivity index (χ0n) is 18.0. The predicted octanol–water partition coefficient (Wildman–Crippen LogP) is 4.77. The molecule has 7 nitrogen and oxygen atoms in total. The van der Waals surface area contributed by atoms with Gasteiger partial charge in [0, 0.05) is 55.4 Å². The average Bonchev–Trinajstić information content (AvgIpc) is 2.80. The van der Waals surface area contributed by atoms with Crippen LogP contribution in [-0.2, 0) is 0 Å². The molecule has 1 fully saturated rings. The highest BCUT2D eigenvalue weighted by atomic mass is 35.5. The van der Waals surface area contributed by atoms with E-state index in [9.17, 15) is 9.59 Å². The lowest BCUT2D eigenvalue weighted by atomic mass is 10.1. The molecule has 0 saturated carbocycles. The summed E-state index contributed by atoms with van der Waals surface area (Å²) in [5, 5.41) is 6.53. The minimum absolute atomic E-state index is 0.0377. The first-order chi connectivity index (χ1) is 15.9. The zero-order chi connectivity index (χ0) is 23.4. The average molecular weight is 484 g/mol. The van der Waals surface area contributed by atoms with Crippen LogP contribution >= 0.6 is 23.2 Å². The molecule has 0 aliphatic carbocycles. The summed E-state index contributed by atoms with van der Waals surface area (Å²) in [5.74, 6) is 0.168. The molecule has 9 heteroatoms. The topological polar surface area (TPSA) is 77.6 Å². The van der Waals surface area contributed by atoms with Gasteiger partial charge in [-0.15, -0.1) is 0 Å². The van der Waals surface area contributed by atoms with E-state index in [0.717, 1.165) is 31.9 Å². The molecular formula is C24H23Cl2N5O2. The predicted molar refractivity (Wildman–Crippen MR) is 132 cm³/mol. The summed E-state index contributed by atoms with van der Waals surface area (Å²) in [6.45, 7) is 3.23. The van der Waals surface area contributed by atoms with Gasteiger partial charge in [-0.1, -0.05) is 29.3 Å². The minimum atomic E-state index is -0.408. The number of aromatic nitrogens is 1. The van der Waals surface area contributed by atoms with Gasteiger partial charge in [0.1, 0.15) is 5.82 Å². The molecule has 33 heavy (non-hydrogen) atoms. The number of pyridine rings is 1. The number of amides is 2. The summed E-state index contributed by atoms with van der Waals surface area (Å²) in [7, 11) is 2.06. The quantitative estimate of drug-likeness (QED) is 0.546. The van der Waals surface area contributed by atoms with Crippen molar-refractivity contribution in [3.8, 4) is 0 Å². The first kappa shape index (κ1) is 23.0. The maximum Gasteiger partial charge on any atom is 0.258 e. The van der Waals surface area contributed by atoms with Gasteiger partial charge in [0.05, 0.1) is 15.6 Å². The molecule has 2 heterocycles. The molecule has 4 rings (SSSR count). The van der Waals surface area contributed by atoms with E-state index in [0.29, 0.717) is 17.1 Å². The van der Waals surface area contributed by atoms with Gasteiger partial charge in [-0.2, -0.15) is 0 Å². The van der Waals surface area contributed by atoms with Crippen LogP contribution in [0.2, 0.25) is 10.0 Å². The lowest BCUT2D eigenvalue weighted by Gasteiger charge is -2.32. The number of nitrogens with zero attached hydrogens (tertiary/aromatic N) is 3. The van der Waals surface area contributed by atoms with Crippen LogP contribution < -0.4 is 10.6 Å². The van der Waals surface area contributed by atoms with E-state index < -0.39 is 5.91 Å². The van der Waals surface area contributed by atoms with Gasteiger partial charge in [-0.25, -0.2) is 4.98 Å². The molecule has 2 N–H and O–H groups in total. The van der Waals surface area contributed by atoms with Gasteiger partial charge in [-0.3, -0.25) is 9.59 Å². The van der Waals surface area contributed by atoms with Gasteiger partial charge < -0.3 is 20.4 Å². The van der Waals surface area contributed by atoms with E-state index in [2.05, 4.69) is 27.6 Å². The Hall–Kier alpha value is -3.13. The summed E-state index contributed by atoms with van der Waals surface area (Å²) in [4.78, 5) is 33.7. The fourth-order valence-corrected chi connectivity index (χ4v) is 4.09. The van der Waals surface area contributed by atoms with Crippen molar-refractivity contribution in [2.24, 2.45) is 0 Å². The van der Waals surface area contributed by atoms with Crippen LogP contribution in [0.3, 0.4) is 0 Å². The number of anilines is 3. The third kappa shape index (κ3) is 5.63. The van der Waals surface area contributed by atoms with E-state index in [1.165, 1.54) is 0 Å². The highest BCUT2D eigenvalue weighted by molar-refractivity contribution is 6.40. The van der Waals surface area contributed by atoms with E-state index in [-0.39, 0.29) is 21.5 Å². The molecule has 0 unspecified atom stereocenters. The Bertz CT molecular complexity index is 1140. The smallest absolute Gasteiger partial charge is 0.258 e. The number of piperazine rings is 1. The van der Waals surface area contributed by atoms with Crippen molar-refractivity contribution in [2.75, 3.05) is 43.9 Å². The minimum Gasteiger partial charge on any atom is -0.340 e. The molecule has 2 aromatic carbocycles. The second kappa shape index (κ2) is 10.2. The summed E-state index contributed by atoms with van der Waals surface area (Å²) >= 11 is 12.2. The maximum atomic E-state index is 12.7. The molecule has 1 aliphatic heterocycles. The van der Waals surface area contributed by atoms with E-state index in [4.69, 9.17) is 23.2 Å². The summed E-state index contributed by atoms with van der Waals surface area (Å²) in [6, 6.07) is 15.5. The van der Waals surface area contributed by atoms with Crippen molar-refractivity contribution < 1.29 is 9.59 Å². The number of hydrogen-bond acceptors (Lipinski definition) is 5. The number of rotatable bonds is 5. The van der Waals surface area contributed by atoms with Crippen LogP contribution in [0.15, 0.2) is 60.8 Å². The molecule has 170 valence electrons. The van der Waals surface area contributed by atoms with Crippen LogP contribution in [0.4, 0.5) is 17.2 Å². The second-order valence-corrected chi connectivity index (χ2v) is 8.59. The van der Waals surface area contributed by atoms with Crippen LogP contribution in [0.1, 0.15) is 20.7 Å². The van der Waals surface area contributed by atoms with Crippen LogP contribution in [-0.4, -0.2) is 59.8 Å². The Morgan fingerprint density at radius 3 is 2.24 bits per heavy atom. The van der Waals surface area contributed by atoms with Crippen molar-refractivity contribution in [3.05, 3.63) is 82.0 Å². The van der Waals surface area contributed by atoms with E-state index in [1.807, 2.05) is 17.0 Å². The Labute approximate surface area is 202 Å². The SMILES string of the molecule is CN1CCN(C(=O)c2ccc(Nc3cc(NC(=O)c4c(Cl)cccc4Cl)ccn3)cc2)CC1. The Kier molecular flexibility index (Phi) is 7.13. The Morgan fingerprint density at radius 2 is 1.58 bits per heavy atom. The normalized spacial score (nSPS) is 14.1. The largest absolute Gasteiger partial charge is 0.340 e. The first-order valence-corrected chi connectivity index (χ1v) is 11.2. The molecular weight excluding hydrogens is 461 g/mol. The molecule has 0 bridgehead atoms. The van der Waals surface area contributed by atoms with E-state index >= 15 is 0 Å². The first-order valence-electron chi connectivity index (χ1n) is 10.5. The van der Waals surface area contributed by atoms with Crippen molar-refractivity contribution in [3.63, 3.8) is 0 Å². The van der Waals surface area contributed by atoms with Gasteiger partial charge in [0.25, 0.3) is 11.8 Å². The van der Waals surface area contributed by atoms with E-state index in [1.54, 1.807) is 48.7 Å². The molecule has 0 spiro atoms. The molecule has 1 aliphatic rings. The number of halogens is 2. The van der Waals surface area contributed by atoms with Crippen molar-refractivity contribution in [1.29, 1.82) is 0 Å². The number of benzene rings is 2. The molecule has 2 amide bonds. The third-order valence-electron chi connectivity index (χ3n) is 5.40. The number of carbonyl (C=O) groups is 2. The van der Waals surface area contributed by atoms with Crippen molar-refractivity contribution in [1.82, 2.24) is 14.8 Å². The standard InChI is InChI=1S/C24H23Cl2N5O2/c1-30-11-13-31(14-12-30)24(33)16-5-7-17(8-6-16)28-21-15-18(9-10-27-21)29-23(32)22-19(25)3-2-4-20(22)26/h2-10,15H,11-14H2,1H3,(H2,27,28,29,32). The fraction of sp³-hybridized carbons (Fsp3) is 0.208. The summed E-state index contributed by atoms with van der Waals surface area (Å²) < 4.78 is 0. The number of hydrogen-bond donors (Lipinski definition) is 2. The lowest BCUT2D eigenvalue weighted by Crippen LogP contribution is -2.47. The number of likely N-dealkylation sites (N-methyl/N-ethyl adjacent to an activating group) is 1. The van der Waals surface area contributed by atoms with Gasteiger partial charge in [0.15, 0.2) is 0 Å². The molecule has 3 aromatic rings. The van der Waals surface area contributed by atoms with Crippen LogP contribution in [0.5, 0.6) is 0 Å². The summed E-state index contributed by atoms with van der Waals surface area (Å²) in [5.41, 5.74) is 2.17. The number of carbonyl (C=O) groups excluding carboxylic acids is 2.